The maximum atomic E-state index is 11.7. The Hall–Kier alpha value is -1.11. The first-order valence-corrected chi connectivity index (χ1v) is 6.97. The van der Waals surface area contributed by atoms with Crippen LogP contribution in [0.25, 0.3) is 0 Å². The third-order valence-electron chi connectivity index (χ3n) is 2.54. The molecule has 1 N–H and O–H groups in total. The zero-order valence-electron chi connectivity index (χ0n) is 9.61. The van der Waals surface area contributed by atoms with Crippen molar-refractivity contribution in [3.05, 3.63) is 0 Å². The Labute approximate surface area is 94.9 Å². The first-order chi connectivity index (χ1) is 7.14. The highest BCUT2D eigenvalue weighted by atomic mass is 32.2. The van der Waals surface area contributed by atoms with E-state index in [9.17, 15) is 18.0 Å². The molecule has 0 aromatic rings. The zero-order chi connectivity index (χ0) is 12.6. The number of nitrogens with zero attached hydrogens (tertiary/aromatic N) is 1. The number of sulfone groups is 1. The Bertz CT molecular complexity index is 413. The van der Waals surface area contributed by atoms with E-state index in [2.05, 4.69) is 5.32 Å². The van der Waals surface area contributed by atoms with Gasteiger partial charge in [-0.3, -0.25) is 9.59 Å². The van der Waals surface area contributed by atoms with Gasteiger partial charge in [-0.25, -0.2) is 8.42 Å². The molecule has 0 saturated carbocycles. The zero-order valence-corrected chi connectivity index (χ0v) is 10.4. The normalized spacial score (nSPS) is 20.4. The van der Waals surface area contributed by atoms with Crippen molar-refractivity contribution < 1.29 is 18.0 Å². The second-order valence-corrected chi connectivity index (χ2v) is 6.57. The van der Waals surface area contributed by atoms with Crippen molar-refractivity contribution in [3.63, 3.8) is 0 Å². The first kappa shape index (κ1) is 13.0. The molecule has 16 heavy (non-hydrogen) atoms. The molecule has 0 unspecified atom stereocenters. The molecule has 1 rings (SSSR count). The number of hydrogen-bond acceptors (Lipinski definition) is 4. The van der Waals surface area contributed by atoms with Gasteiger partial charge in [-0.05, 0) is 13.8 Å². The lowest BCUT2D eigenvalue weighted by Crippen LogP contribution is -2.64. The minimum Gasteiger partial charge on any atom is -0.352 e. The van der Waals surface area contributed by atoms with Gasteiger partial charge in [-0.2, -0.15) is 0 Å². The van der Waals surface area contributed by atoms with E-state index in [0.29, 0.717) is 13.1 Å². The van der Waals surface area contributed by atoms with Crippen LogP contribution < -0.4 is 5.32 Å². The Morgan fingerprint density at radius 1 is 1.50 bits per heavy atom. The van der Waals surface area contributed by atoms with Gasteiger partial charge in [0, 0.05) is 19.3 Å². The minimum atomic E-state index is -3.36. The second-order valence-electron chi connectivity index (χ2n) is 4.43. The summed E-state index contributed by atoms with van der Waals surface area (Å²) in [5.41, 5.74) is -0.986. The molecule has 1 saturated heterocycles. The number of rotatable bonds is 2. The van der Waals surface area contributed by atoms with Gasteiger partial charge >= 0.3 is 0 Å². The molecule has 1 aliphatic heterocycles. The quantitative estimate of drug-likeness (QED) is 0.663. The van der Waals surface area contributed by atoms with Gasteiger partial charge in [-0.1, -0.05) is 0 Å². The summed E-state index contributed by atoms with van der Waals surface area (Å²) in [6.45, 7) is 3.90. The van der Waals surface area contributed by atoms with Gasteiger partial charge in [0.25, 0.3) is 0 Å². The average molecular weight is 248 g/mol. The molecule has 0 aliphatic carbocycles. The van der Waals surface area contributed by atoms with E-state index >= 15 is 0 Å². The Balaban J connectivity index is 2.87. The average Bonchev–Trinajstić information content (AvgIpc) is 2.06. The van der Waals surface area contributed by atoms with Crippen LogP contribution in [0.1, 0.15) is 13.8 Å². The standard InChI is InChI=1S/C9H16N2O4S/c1-9(2)8(13)10-4-5-11(9)7(12)6-16(3,14)15/h4-6H2,1-3H3,(H,10,13). The summed E-state index contributed by atoms with van der Waals surface area (Å²) in [5.74, 6) is -1.34. The number of carbonyl (C=O) groups excluding carboxylic acids is 2. The summed E-state index contributed by atoms with van der Waals surface area (Å²) in [5, 5.41) is 2.64. The molecule has 0 atom stereocenters. The van der Waals surface area contributed by atoms with Crippen LogP contribution in [0, 0.1) is 0 Å². The molecule has 1 aliphatic rings. The Morgan fingerprint density at radius 2 is 2.06 bits per heavy atom. The highest BCUT2D eigenvalue weighted by Gasteiger charge is 2.40. The molecule has 7 heteroatoms. The van der Waals surface area contributed by atoms with E-state index in [-0.39, 0.29) is 5.91 Å². The molecule has 0 spiro atoms. The number of piperazine rings is 1. The van der Waals surface area contributed by atoms with Gasteiger partial charge in [0.2, 0.25) is 11.8 Å². The van der Waals surface area contributed by atoms with Crippen molar-refractivity contribution in [3.8, 4) is 0 Å². The molecular formula is C9H16N2O4S. The molecule has 0 aromatic carbocycles. The molecule has 1 heterocycles. The van der Waals surface area contributed by atoms with Crippen LogP contribution in [-0.4, -0.2) is 55.8 Å². The van der Waals surface area contributed by atoms with E-state index < -0.39 is 27.0 Å². The minimum absolute atomic E-state index is 0.263. The topological polar surface area (TPSA) is 83.6 Å². The van der Waals surface area contributed by atoms with Crippen molar-refractivity contribution in [1.29, 1.82) is 0 Å². The first-order valence-electron chi connectivity index (χ1n) is 4.91. The van der Waals surface area contributed by atoms with Crippen molar-refractivity contribution in [2.45, 2.75) is 19.4 Å². The number of nitrogens with one attached hydrogen (secondary N) is 1. The van der Waals surface area contributed by atoms with Gasteiger partial charge in [0.15, 0.2) is 9.84 Å². The van der Waals surface area contributed by atoms with E-state index in [0.717, 1.165) is 6.26 Å². The van der Waals surface area contributed by atoms with Crippen molar-refractivity contribution >= 4 is 21.7 Å². The Morgan fingerprint density at radius 3 is 2.56 bits per heavy atom. The summed E-state index contributed by atoms with van der Waals surface area (Å²) in [7, 11) is -3.36. The summed E-state index contributed by atoms with van der Waals surface area (Å²) < 4.78 is 22.1. The Kier molecular flexibility index (Phi) is 3.27. The molecule has 0 bridgehead atoms. The SMILES string of the molecule is CC1(C)C(=O)NCCN1C(=O)CS(C)(=O)=O. The van der Waals surface area contributed by atoms with Crippen molar-refractivity contribution in [1.82, 2.24) is 10.2 Å². The molecule has 92 valence electrons. The number of hydrogen-bond donors (Lipinski definition) is 1. The summed E-state index contributed by atoms with van der Waals surface area (Å²) in [6, 6.07) is 0. The van der Waals surface area contributed by atoms with Crippen LogP contribution in [0.2, 0.25) is 0 Å². The van der Waals surface area contributed by atoms with Crippen LogP contribution in [0.15, 0.2) is 0 Å². The molecular weight excluding hydrogens is 232 g/mol. The van der Waals surface area contributed by atoms with Gasteiger partial charge < -0.3 is 10.2 Å². The van der Waals surface area contributed by atoms with Crippen molar-refractivity contribution in [2.75, 3.05) is 25.1 Å². The fourth-order valence-electron chi connectivity index (χ4n) is 1.64. The number of amides is 2. The van der Waals surface area contributed by atoms with Gasteiger partial charge in [0.1, 0.15) is 11.3 Å². The highest BCUT2D eigenvalue weighted by Crippen LogP contribution is 2.17. The summed E-state index contributed by atoms with van der Waals surface area (Å²) in [4.78, 5) is 24.6. The lowest BCUT2D eigenvalue weighted by atomic mass is 9.99. The maximum Gasteiger partial charge on any atom is 0.245 e. The lowest BCUT2D eigenvalue weighted by Gasteiger charge is -2.41. The van der Waals surface area contributed by atoms with Crippen molar-refractivity contribution in [2.24, 2.45) is 0 Å². The third-order valence-corrected chi connectivity index (χ3v) is 3.31. The number of carbonyl (C=O) groups is 2. The molecule has 2 amide bonds. The van der Waals surface area contributed by atoms with Crippen LogP contribution >= 0.6 is 0 Å². The molecule has 0 radical (unpaired) electrons. The van der Waals surface area contributed by atoms with Crippen LogP contribution in [-0.2, 0) is 19.4 Å². The third kappa shape index (κ3) is 2.72. The summed E-state index contributed by atoms with van der Waals surface area (Å²) in [6.07, 6.45) is 1.00. The van der Waals surface area contributed by atoms with E-state index in [1.54, 1.807) is 13.8 Å². The van der Waals surface area contributed by atoms with Gasteiger partial charge in [-0.15, -0.1) is 0 Å². The lowest BCUT2D eigenvalue weighted by molar-refractivity contribution is -0.147. The maximum absolute atomic E-state index is 11.7. The van der Waals surface area contributed by atoms with Crippen LogP contribution in [0.4, 0.5) is 0 Å². The fraction of sp³-hybridized carbons (Fsp3) is 0.778. The monoisotopic (exact) mass is 248 g/mol. The molecule has 6 nitrogen and oxygen atoms in total. The molecule has 0 aromatic heterocycles. The van der Waals surface area contributed by atoms with E-state index in [1.807, 2.05) is 0 Å². The smallest absolute Gasteiger partial charge is 0.245 e. The van der Waals surface area contributed by atoms with Crippen LogP contribution in [0.5, 0.6) is 0 Å². The van der Waals surface area contributed by atoms with Gasteiger partial charge in [0.05, 0.1) is 0 Å². The highest BCUT2D eigenvalue weighted by molar-refractivity contribution is 7.91. The van der Waals surface area contributed by atoms with E-state index in [4.69, 9.17) is 0 Å². The second kappa shape index (κ2) is 4.04. The van der Waals surface area contributed by atoms with E-state index in [1.165, 1.54) is 4.90 Å². The predicted molar refractivity (Wildman–Crippen MR) is 58.5 cm³/mol. The largest absolute Gasteiger partial charge is 0.352 e. The molecule has 1 fully saturated rings. The van der Waals surface area contributed by atoms with Crippen LogP contribution in [0.3, 0.4) is 0 Å². The summed E-state index contributed by atoms with van der Waals surface area (Å²) >= 11 is 0. The fourth-order valence-corrected chi connectivity index (χ4v) is 2.24. The predicted octanol–water partition coefficient (Wildman–Crippen LogP) is -1.23.